The fourth-order valence-electron chi connectivity index (χ4n) is 3.07. The Labute approximate surface area is 143 Å². The fourth-order valence-corrected chi connectivity index (χ4v) is 3.07. The Morgan fingerprint density at radius 1 is 1.42 bits per heavy atom. The Balaban J connectivity index is 1.97. The van der Waals surface area contributed by atoms with E-state index in [1.807, 2.05) is 38.0 Å². The minimum atomic E-state index is -0.790. The maximum atomic E-state index is 12.4. The van der Waals surface area contributed by atoms with Crippen molar-refractivity contribution in [1.29, 1.82) is 0 Å². The summed E-state index contributed by atoms with van der Waals surface area (Å²) in [6.45, 7) is 3.86. The van der Waals surface area contributed by atoms with E-state index in [2.05, 4.69) is 5.32 Å². The van der Waals surface area contributed by atoms with E-state index >= 15 is 0 Å². The zero-order chi connectivity index (χ0) is 17.7. The van der Waals surface area contributed by atoms with E-state index in [-0.39, 0.29) is 18.5 Å². The smallest absolute Gasteiger partial charge is 0.237 e. The van der Waals surface area contributed by atoms with Crippen LogP contribution in [0, 0.1) is 6.92 Å². The number of amides is 1. The van der Waals surface area contributed by atoms with Gasteiger partial charge in [0.15, 0.2) is 7.28 Å². The zero-order valence-corrected chi connectivity index (χ0v) is 14.3. The summed E-state index contributed by atoms with van der Waals surface area (Å²) in [7, 11) is 0.644. The molecule has 1 heterocycles. The zero-order valence-electron chi connectivity index (χ0n) is 14.3. The van der Waals surface area contributed by atoms with Crippen molar-refractivity contribution in [2.24, 2.45) is 5.73 Å². The Morgan fingerprint density at radius 2 is 2.08 bits per heavy atom. The molecule has 5 atom stereocenters. The molecule has 0 saturated carbocycles. The predicted octanol–water partition coefficient (Wildman–Crippen LogP) is -0.698. The number of hydrogen-bond acceptors (Lipinski definition) is 5. The summed E-state index contributed by atoms with van der Waals surface area (Å²) in [4.78, 5) is 12.4. The topological polar surface area (TPSA) is 105 Å². The van der Waals surface area contributed by atoms with Crippen molar-refractivity contribution in [3.05, 3.63) is 35.4 Å². The third-order valence-electron chi connectivity index (χ3n) is 4.54. The second-order valence-electron chi connectivity index (χ2n) is 6.45. The van der Waals surface area contributed by atoms with Crippen LogP contribution in [0.25, 0.3) is 0 Å². The molecular formula is C17H27BN2O4. The van der Waals surface area contributed by atoms with Crippen LogP contribution in [-0.2, 0) is 16.0 Å². The van der Waals surface area contributed by atoms with Gasteiger partial charge in [-0.3, -0.25) is 4.79 Å². The molecule has 24 heavy (non-hydrogen) atoms. The summed E-state index contributed by atoms with van der Waals surface area (Å²) < 4.78 is 5.72. The number of carbonyl (C=O) groups is 1. The van der Waals surface area contributed by atoms with Crippen LogP contribution in [0.5, 0.6) is 0 Å². The number of hydrogen-bond donors (Lipinski definition) is 4. The van der Waals surface area contributed by atoms with Gasteiger partial charge in [0.1, 0.15) is 0 Å². The Morgan fingerprint density at radius 3 is 2.67 bits per heavy atom. The third kappa shape index (κ3) is 4.57. The second-order valence-corrected chi connectivity index (χ2v) is 6.45. The van der Waals surface area contributed by atoms with Gasteiger partial charge in [-0.2, -0.15) is 0 Å². The van der Waals surface area contributed by atoms with E-state index in [1.54, 1.807) is 0 Å². The maximum absolute atomic E-state index is 12.4. The van der Waals surface area contributed by atoms with Crippen molar-refractivity contribution in [1.82, 2.24) is 5.32 Å². The molecular weight excluding hydrogens is 307 g/mol. The molecule has 7 heteroatoms. The van der Waals surface area contributed by atoms with Gasteiger partial charge in [0.05, 0.1) is 30.3 Å². The first-order chi connectivity index (χ1) is 11.5. The highest BCUT2D eigenvalue weighted by molar-refractivity contribution is 6.35. The predicted molar refractivity (Wildman–Crippen MR) is 94.2 cm³/mol. The molecule has 1 amide bonds. The fraction of sp³-hybridized carbons (Fsp3) is 0.588. The van der Waals surface area contributed by atoms with Crippen molar-refractivity contribution < 1.29 is 19.7 Å². The van der Waals surface area contributed by atoms with Crippen LogP contribution in [0.15, 0.2) is 24.3 Å². The Hall–Kier alpha value is -1.41. The van der Waals surface area contributed by atoms with Crippen LogP contribution < -0.4 is 11.1 Å². The number of rotatable bonds is 7. The number of aryl methyl sites for hydroxylation is 1. The summed E-state index contributed by atoms with van der Waals surface area (Å²) in [5.74, 6) is -0.317. The van der Waals surface area contributed by atoms with Gasteiger partial charge in [-0.05, 0) is 25.3 Å². The summed E-state index contributed by atoms with van der Waals surface area (Å²) in [5.41, 5.74) is 8.16. The highest BCUT2D eigenvalue weighted by Crippen LogP contribution is 2.23. The van der Waals surface area contributed by atoms with Gasteiger partial charge < -0.3 is 26.0 Å². The average Bonchev–Trinajstić information content (AvgIpc) is 2.86. The Bertz CT molecular complexity index is 540. The molecule has 0 radical (unpaired) electrons. The number of carbonyl (C=O) groups excluding carboxylic acids is 1. The van der Waals surface area contributed by atoms with Crippen molar-refractivity contribution in [2.45, 2.75) is 56.9 Å². The van der Waals surface area contributed by atoms with Crippen LogP contribution in [0.2, 0.25) is 6.82 Å². The van der Waals surface area contributed by atoms with Crippen molar-refractivity contribution in [2.75, 3.05) is 6.61 Å². The number of nitrogens with two attached hydrogens (primary N) is 1. The van der Waals surface area contributed by atoms with Gasteiger partial charge in [0.2, 0.25) is 5.91 Å². The van der Waals surface area contributed by atoms with E-state index in [9.17, 15) is 9.90 Å². The van der Waals surface area contributed by atoms with Crippen LogP contribution >= 0.6 is 0 Å². The summed E-state index contributed by atoms with van der Waals surface area (Å²) in [6, 6.07) is 6.30. The number of nitrogens with one attached hydrogen (secondary N) is 1. The second kappa shape index (κ2) is 8.62. The third-order valence-corrected chi connectivity index (χ3v) is 4.54. The lowest BCUT2D eigenvalue weighted by molar-refractivity contribution is -0.124. The molecule has 2 rings (SSSR count). The van der Waals surface area contributed by atoms with Gasteiger partial charge in [-0.15, -0.1) is 0 Å². The van der Waals surface area contributed by atoms with Crippen molar-refractivity contribution in [3.63, 3.8) is 0 Å². The first kappa shape index (κ1) is 18.9. The quantitative estimate of drug-likeness (QED) is 0.494. The molecule has 1 saturated heterocycles. The molecule has 0 spiro atoms. The minimum Gasteiger partial charge on any atom is -0.396 e. The lowest BCUT2D eigenvalue weighted by Crippen LogP contribution is -2.53. The maximum Gasteiger partial charge on any atom is 0.237 e. The normalized spacial score (nSPS) is 27.7. The summed E-state index contributed by atoms with van der Waals surface area (Å²) in [5, 5.41) is 22.3. The molecule has 0 bridgehead atoms. The molecule has 1 aliphatic rings. The molecule has 0 aliphatic carbocycles. The monoisotopic (exact) mass is 334 g/mol. The number of aliphatic hydroxyl groups is 2. The number of benzene rings is 1. The van der Waals surface area contributed by atoms with Crippen LogP contribution in [0.4, 0.5) is 0 Å². The highest BCUT2D eigenvalue weighted by atomic mass is 16.5. The minimum absolute atomic E-state index is 0.0599. The van der Waals surface area contributed by atoms with Gasteiger partial charge in [-0.1, -0.05) is 36.7 Å². The lowest BCUT2D eigenvalue weighted by atomic mass is 9.71. The van der Waals surface area contributed by atoms with Gasteiger partial charge in [-0.25, -0.2) is 0 Å². The van der Waals surface area contributed by atoms with E-state index in [4.69, 9.17) is 15.6 Å². The molecule has 2 unspecified atom stereocenters. The van der Waals surface area contributed by atoms with Crippen LogP contribution in [0.3, 0.4) is 0 Å². The molecule has 5 N–H and O–H groups in total. The van der Waals surface area contributed by atoms with E-state index in [1.165, 1.54) is 0 Å². The highest BCUT2D eigenvalue weighted by Gasteiger charge is 2.43. The van der Waals surface area contributed by atoms with Gasteiger partial charge >= 0.3 is 0 Å². The molecule has 1 aliphatic heterocycles. The first-order valence-corrected chi connectivity index (χ1v) is 8.52. The number of ether oxygens (including phenoxy) is 1. The largest absolute Gasteiger partial charge is 0.396 e. The Kier molecular flexibility index (Phi) is 6.80. The van der Waals surface area contributed by atoms with E-state index < -0.39 is 24.3 Å². The molecule has 0 aromatic heterocycles. The lowest BCUT2D eigenvalue weighted by Gasteiger charge is -2.23. The van der Waals surface area contributed by atoms with E-state index in [0.717, 1.165) is 11.1 Å². The molecule has 1 fully saturated rings. The van der Waals surface area contributed by atoms with Crippen molar-refractivity contribution >= 4 is 13.2 Å². The standard InChI is InChI=1S/C17H27BN2O4/c1-10-3-5-11(6-4-10)9-12(19)17(23)20-14-13(7-8-21)24-16(18-2)15(14)22/h3-6,12-16,18,21-22H,7-9,19H2,1-2H3,(H,20,23)/t12?,13-,14+,15?,16-/m1/s1. The molecule has 132 valence electrons. The van der Waals surface area contributed by atoms with E-state index in [0.29, 0.717) is 20.1 Å². The van der Waals surface area contributed by atoms with Gasteiger partial charge in [0, 0.05) is 6.61 Å². The molecule has 1 aromatic carbocycles. The SMILES string of the molecule is CB[C@@H]1O[C@H](CCO)[C@H](NC(=O)C(N)Cc2ccc(C)cc2)C1O. The van der Waals surface area contributed by atoms with Gasteiger partial charge in [0.25, 0.3) is 0 Å². The molecule has 6 nitrogen and oxygen atoms in total. The van der Waals surface area contributed by atoms with Crippen LogP contribution in [-0.4, -0.2) is 60.3 Å². The summed E-state index contributed by atoms with van der Waals surface area (Å²) in [6.07, 6.45) is -0.392. The summed E-state index contributed by atoms with van der Waals surface area (Å²) >= 11 is 0. The average molecular weight is 334 g/mol. The molecule has 1 aromatic rings. The number of aliphatic hydroxyl groups excluding tert-OH is 2. The first-order valence-electron chi connectivity index (χ1n) is 8.52. The van der Waals surface area contributed by atoms with Crippen molar-refractivity contribution in [3.8, 4) is 0 Å². The van der Waals surface area contributed by atoms with Crippen LogP contribution in [0.1, 0.15) is 17.5 Å².